The summed E-state index contributed by atoms with van der Waals surface area (Å²) in [4.78, 5) is 21.3. The number of nitrogens with zero attached hydrogens (tertiary/aromatic N) is 4. The van der Waals surface area contributed by atoms with E-state index < -0.39 is 12.8 Å². The van der Waals surface area contributed by atoms with Crippen molar-refractivity contribution < 1.29 is 13.4 Å². The summed E-state index contributed by atoms with van der Waals surface area (Å²) >= 11 is 0. The summed E-state index contributed by atoms with van der Waals surface area (Å²) in [6, 6.07) is 9.02. The minimum absolute atomic E-state index is 0.140. The third-order valence-corrected chi connectivity index (χ3v) is 5.13. The number of anilines is 2. The molecule has 166 valence electrons. The van der Waals surface area contributed by atoms with E-state index in [1.165, 1.54) is 6.20 Å². The molecule has 0 bridgehead atoms. The fraction of sp³-hybridized carbons (Fsp3) is 0.333. The van der Waals surface area contributed by atoms with Crippen LogP contribution in [0.1, 0.15) is 61.7 Å². The maximum absolute atomic E-state index is 12.5. The van der Waals surface area contributed by atoms with Crippen molar-refractivity contribution in [1.29, 1.82) is 0 Å². The molecule has 4 rings (SSSR count). The van der Waals surface area contributed by atoms with Crippen molar-refractivity contribution in [3.8, 4) is 11.3 Å². The highest BCUT2D eigenvalue weighted by Gasteiger charge is 2.20. The number of fused-ring (bicyclic) bond motifs is 1. The Hall–Kier alpha value is -3.68. The molecule has 1 amide bonds. The van der Waals surface area contributed by atoms with Crippen LogP contribution in [0.25, 0.3) is 16.8 Å². The van der Waals surface area contributed by atoms with Crippen LogP contribution in [0.4, 0.5) is 11.7 Å². The third kappa shape index (κ3) is 4.21. The molecule has 3 aromatic heterocycles. The van der Waals surface area contributed by atoms with E-state index in [-0.39, 0.29) is 23.6 Å². The first-order valence-electron chi connectivity index (χ1n) is 11.8. The van der Waals surface area contributed by atoms with Crippen molar-refractivity contribution in [1.82, 2.24) is 19.5 Å². The molecule has 8 heteroatoms. The van der Waals surface area contributed by atoms with Crippen LogP contribution in [-0.2, 0) is 16.6 Å². The smallest absolute Gasteiger partial charge is 0.231 e. The molecular weight excluding hydrogens is 404 g/mol. The van der Waals surface area contributed by atoms with E-state index >= 15 is 0 Å². The normalized spacial score (nSPS) is 14.6. The molecule has 0 radical (unpaired) electrons. The molecule has 0 aliphatic carbocycles. The van der Waals surface area contributed by atoms with E-state index in [9.17, 15) is 4.79 Å². The van der Waals surface area contributed by atoms with E-state index in [0.717, 1.165) is 16.8 Å². The van der Waals surface area contributed by atoms with Crippen LogP contribution < -0.4 is 11.1 Å². The van der Waals surface area contributed by atoms with Crippen LogP contribution in [0.2, 0.25) is 0 Å². The second kappa shape index (κ2) is 8.11. The summed E-state index contributed by atoms with van der Waals surface area (Å²) in [7, 11) is 0. The van der Waals surface area contributed by atoms with Gasteiger partial charge in [-0.15, -0.1) is 0 Å². The van der Waals surface area contributed by atoms with Gasteiger partial charge in [0, 0.05) is 39.5 Å². The Balaban J connectivity index is 1.56. The van der Waals surface area contributed by atoms with E-state index in [0.29, 0.717) is 22.9 Å². The van der Waals surface area contributed by atoms with Crippen LogP contribution >= 0.6 is 0 Å². The molecule has 0 spiro atoms. The first-order valence-corrected chi connectivity index (χ1v) is 10.3. The van der Waals surface area contributed by atoms with Gasteiger partial charge in [-0.25, -0.2) is 9.97 Å². The van der Waals surface area contributed by atoms with Crippen molar-refractivity contribution in [3.05, 3.63) is 59.8 Å². The number of imidazole rings is 1. The molecule has 0 aliphatic rings. The Kier molecular flexibility index (Phi) is 4.55. The summed E-state index contributed by atoms with van der Waals surface area (Å²) in [5.41, 5.74) is 9.31. The molecule has 3 N–H and O–H groups in total. The lowest BCUT2D eigenvalue weighted by Crippen LogP contribution is -2.14. The van der Waals surface area contributed by atoms with Crippen LogP contribution in [0, 0.1) is 0 Å². The van der Waals surface area contributed by atoms with Gasteiger partial charge in [0.15, 0.2) is 0 Å². The standard InChI is InChI=1S/C24H28N6O2/c1-14(2)23-28-20(21-22(25)26-10-11-30(21)23)16-8-6-15(7-9-16)12-18(31)27-19-13-17(29-32-19)24(3,4)5/h6-11,13-14H,12H2,1-5H3,(H2,25,26)(H,27,31)/i1D3. The Labute approximate surface area is 191 Å². The molecule has 4 aromatic rings. The number of aromatic nitrogens is 4. The molecule has 1 atom stereocenters. The number of nitrogen functional groups attached to an aromatic ring is 1. The van der Waals surface area contributed by atoms with E-state index in [4.69, 9.17) is 14.4 Å². The van der Waals surface area contributed by atoms with Crippen LogP contribution in [0.5, 0.6) is 0 Å². The largest absolute Gasteiger partial charge is 0.382 e. The van der Waals surface area contributed by atoms with Gasteiger partial charge in [0.05, 0.1) is 12.1 Å². The molecule has 1 aromatic carbocycles. The van der Waals surface area contributed by atoms with Crippen molar-refractivity contribution in [2.45, 2.75) is 52.3 Å². The predicted molar refractivity (Wildman–Crippen MR) is 124 cm³/mol. The summed E-state index contributed by atoms with van der Waals surface area (Å²) in [5.74, 6) is -0.0919. The number of nitrogens with one attached hydrogen (secondary N) is 1. The predicted octanol–water partition coefficient (Wildman–Crippen LogP) is 4.57. The maximum atomic E-state index is 12.5. The van der Waals surface area contributed by atoms with Gasteiger partial charge in [-0.2, -0.15) is 0 Å². The number of benzene rings is 1. The lowest BCUT2D eigenvalue weighted by molar-refractivity contribution is -0.115. The molecule has 0 saturated carbocycles. The van der Waals surface area contributed by atoms with E-state index in [1.54, 1.807) is 23.6 Å². The minimum Gasteiger partial charge on any atom is -0.382 e. The Morgan fingerprint density at radius 3 is 2.72 bits per heavy atom. The first kappa shape index (κ1) is 17.9. The van der Waals surface area contributed by atoms with Gasteiger partial charge < -0.3 is 10.3 Å². The average molecular weight is 436 g/mol. The fourth-order valence-corrected chi connectivity index (χ4v) is 3.43. The Bertz CT molecular complexity index is 1370. The van der Waals surface area contributed by atoms with Gasteiger partial charge in [-0.05, 0) is 5.56 Å². The molecule has 8 nitrogen and oxygen atoms in total. The second-order valence-corrected chi connectivity index (χ2v) is 8.82. The van der Waals surface area contributed by atoms with Crippen LogP contribution in [0.15, 0.2) is 47.2 Å². The van der Waals surface area contributed by atoms with Gasteiger partial charge >= 0.3 is 0 Å². The second-order valence-electron chi connectivity index (χ2n) is 8.82. The van der Waals surface area contributed by atoms with E-state index in [2.05, 4.69) is 20.4 Å². The zero-order valence-corrected chi connectivity index (χ0v) is 18.5. The number of amides is 1. The number of carbonyl (C=O) groups excluding carboxylic acids is 1. The first-order chi connectivity index (χ1) is 16.3. The van der Waals surface area contributed by atoms with Gasteiger partial charge in [-0.3, -0.25) is 14.5 Å². The lowest BCUT2D eigenvalue weighted by Gasteiger charge is -2.12. The van der Waals surface area contributed by atoms with Gasteiger partial charge in [-0.1, -0.05) is 64.0 Å². The highest BCUT2D eigenvalue weighted by Crippen LogP contribution is 2.30. The zero-order chi connectivity index (χ0) is 25.5. The van der Waals surface area contributed by atoms with Gasteiger partial charge in [0.1, 0.15) is 22.9 Å². The molecule has 0 fully saturated rings. The highest BCUT2D eigenvalue weighted by molar-refractivity contribution is 5.91. The summed E-state index contributed by atoms with van der Waals surface area (Å²) in [5, 5.41) is 6.73. The number of nitrogens with two attached hydrogens (primary N) is 1. The number of rotatable bonds is 5. The number of hydrogen-bond acceptors (Lipinski definition) is 6. The number of hydrogen-bond donors (Lipinski definition) is 2. The summed E-state index contributed by atoms with van der Waals surface area (Å²) in [6.07, 6.45) is 3.32. The maximum Gasteiger partial charge on any atom is 0.231 e. The summed E-state index contributed by atoms with van der Waals surface area (Å²) < 4.78 is 30.3. The topological polar surface area (TPSA) is 111 Å². The van der Waals surface area contributed by atoms with Crippen LogP contribution in [0.3, 0.4) is 0 Å². The number of carbonyl (C=O) groups is 1. The Morgan fingerprint density at radius 1 is 1.31 bits per heavy atom. The summed E-state index contributed by atoms with van der Waals surface area (Å²) in [6.45, 7) is 5.43. The SMILES string of the molecule is [2H]C([2H])([2H])C(C)c1nc(-c2ccc(CC(=O)Nc3cc(C(C)(C)C)no3)cc2)c2c(N)nccn12. The Morgan fingerprint density at radius 2 is 2.06 bits per heavy atom. The minimum atomic E-state index is -2.22. The molecule has 0 aliphatic heterocycles. The van der Waals surface area contributed by atoms with Crippen molar-refractivity contribution in [3.63, 3.8) is 0 Å². The molecule has 32 heavy (non-hydrogen) atoms. The van der Waals surface area contributed by atoms with E-state index in [1.807, 2.05) is 45.0 Å². The van der Waals surface area contributed by atoms with Crippen LogP contribution in [-0.4, -0.2) is 25.4 Å². The lowest BCUT2D eigenvalue weighted by atomic mass is 9.92. The van der Waals surface area contributed by atoms with Crippen molar-refractivity contribution >= 4 is 23.1 Å². The van der Waals surface area contributed by atoms with Crippen molar-refractivity contribution in [2.24, 2.45) is 0 Å². The molecule has 1 unspecified atom stereocenters. The average Bonchev–Trinajstić information content (AvgIpc) is 3.39. The molecular formula is C24H28N6O2. The highest BCUT2D eigenvalue weighted by atomic mass is 16.5. The quantitative estimate of drug-likeness (QED) is 0.475. The zero-order valence-electron chi connectivity index (χ0n) is 21.5. The van der Waals surface area contributed by atoms with Gasteiger partial charge in [0.25, 0.3) is 0 Å². The molecule has 0 saturated heterocycles. The third-order valence-electron chi connectivity index (χ3n) is 5.13. The fourth-order valence-electron chi connectivity index (χ4n) is 3.43. The monoisotopic (exact) mass is 435 g/mol. The van der Waals surface area contributed by atoms with Crippen molar-refractivity contribution in [2.75, 3.05) is 11.1 Å². The molecule has 3 heterocycles. The van der Waals surface area contributed by atoms with Gasteiger partial charge in [0.2, 0.25) is 11.8 Å².